The number of benzene rings is 1. The van der Waals surface area contributed by atoms with Crippen LogP contribution in [0.3, 0.4) is 0 Å². The van der Waals surface area contributed by atoms with Crippen molar-refractivity contribution in [2.75, 3.05) is 5.32 Å². The Hall–Kier alpha value is -1.94. The van der Waals surface area contributed by atoms with Crippen LogP contribution in [0.5, 0.6) is 0 Å². The van der Waals surface area contributed by atoms with Crippen LogP contribution in [-0.4, -0.2) is 9.97 Å². The van der Waals surface area contributed by atoms with Crippen LogP contribution in [0.4, 0.5) is 11.4 Å². The molecule has 0 bridgehead atoms. The number of nitrogens with zero attached hydrogens (tertiary/aromatic N) is 1. The van der Waals surface area contributed by atoms with Crippen molar-refractivity contribution in [1.29, 1.82) is 0 Å². The topological polar surface area (TPSA) is 50.9 Å². The van der Waals surface area contributed by atoms with Crippen LogP contribution >= 0.6 is 12.2 Å². The van der Waals surface area contributed by atoms with Crippen molar-refractivity contribution in [2.45, 2.75) is 6.92 Å². The van der Waals surface area contributed by atoms with Gasteiger partial charge in [-0.05, 0) is 31.2 Å². The molecule has 17 heavy (non-hydrogen) atoms. The van der Waals surface area contributed by atoms with Crippen LogP contribution in [0.2, 0.25) is 0 Å². The third-order valence-electron chi connectivity index (χ3n) is 2.35. The molecule has 2 aromatic rings. The van der Waals surface area contributed by atoms with Crippen molar-refractivity contribution < 1.29 is 0 Å². The Bertz CT molecular complexity index is 535. The molecule has 2 rings (SSSR count). The predicted octanol–water partition coefficient (Wildman–Crippen LogP) is 2.77. The van der Waals surface area contributed by atoms with Gasteiger partial charge in [-0.2, -0.15) is 0 Å². The molecule has 0 saturated carbocycles. The maximum Gasteiger partial charge on any atom is 0.122 e. The van der Waals surface area contributed by atoms with Gasteiger partial charge in [-0.1, -0.05) is 29.9 Å². The summed E-state index contributed by atoms with van der Waals surface area (Å²) in [5.41, 5.74) is 9.34. The van der Waals surface area contributed by atoms with Gasteiger partial charge in [0.1, 0.15) is 4.99 Å². The average Bonchev–Trinajstić information content (AvgIpc) is 2.32. The number of aromatic nitrogens is 1. The van der Waals surface area contributed by atoms with Crippen LogP contribution in [-0.2, 0) is 0 Å². The Labute approximate surface area is 106 Å². The number of thiocarbonyl (C=S) groups is 1. The van der Waals surface area contributed by atoms with Crippen LogP contribution in [0, 0.1) is 6.92 Å². The smallest absolute Gasteiger partial charge is 0.122 e. The zero-order valence-electron chi connectivity index (χ0n) is 9.47. The van der Waals surface area contributed by atoms with Crippen molar-refractivity contribution in [1.82, 2.24) is 4.98 Å². The molecule has 86 valence electrons. The van der Waals surface area contributed by atoms with Gasteiger partial charge in [0.25, 0.3) is 0 Å². The molecule has 1 aromatic heterocycles. The Kier molecular flexibility index (Phi) is 3.35. The van der Waals surface area contributed by atoms with Crippen molar-refractivity contribution in [3.63, 3.8) is 0 Å². The summed E-state index contributed by atoms with van der Waals surface area (Å²) in [7, 11) is 0. The molecule has 0 fully saturated rings. The number of nitrogens with two attached hydrogens (primary N) is 1. The molecule has 0 unspecified atom stereocenters. The highest BCUT2D eigenvalue weighted by atomic mass is 32.1. The number of rotatable bonds is 3. The van der Waals surface area contributed by atoms with E-state index in [0.29, 0.717) is 10.7 Å². The summed E-state index contributed by atoms with van der Waals surface area (Å²) in [4.78, 5) is 4.39. The van der Waals surface area contributed by atoms with Gasteiger partial charge in [0.05, 0.1) is 5.69 Å². The fourth-order valence-electron chi connectivity index (χ4n) is 1.45. The number of pyridine rings is 1. The summed E-state index contributed by atoms with van der Waals surface area (Å²) >= 11 is 4.89. The molecular formula is C13H13N3S. The lowest BCUT2D eigenvalue weighted by Crippen LogP contribution is -2.11. The molecule has 0 amide bonds. The zero-order valence-corrected chi connectivity index (χ0v) is 10.3. The van der Waals surface area contributed by atoms with E-state index in [4.69, 9.17) is 18.0 Å². The molecule has 0 spiro atoms. The first-order valence-electron chi connectivity index (χ1n) is 5.25. The van der Waals surface area contributed by atoms with Crippen LogP contribution in [0.15, 0.2) is 42.6 Å². The molecule has 3 nitrogen and oxygen atoms in total. The number of nitrogens with one attached hydrogen (secondary N) is 1. The normalized spacial score (nSPS) is 9.94. The van der Waals surface area contributed by atoms with Gasteiger partial charge in [0.2, 0.25) is 0 Å². The summed E-state index contributed by atoms with van der Waals surface area (Å²) in [5.74, 6) is 0. The number of anilines is 2. The quantitative estimate of drug-likeness (QED) is 0.814. The van der Waals surface area contributed by atoms with Crippen molar-refractivity contribution >= 4 is 28.6 Å². The summed E-state index contributed by atoms with van der Waals surface area (Å²) < 4.78 is 0. The fraction of sp³-hybridized carbons (Fsp3) is 0.0769. The second-order valence-electron chi connectivity index (χ2n) is 3.79. The molecular weight excluding hydrogens is 230 g/mol. The minimum atomic E-state index is 0.303. The predicted molar refractivity (Wildman–Crippen MR) is 74.6 cm³/mol. The highest BCUT2D eigenvalue weighted by Crippen LogP contribution is 2.17. The fourth-order valence-corrected chi connectivity index (χ4v) is 1.56. The second kappa shape index (κ2) is 4.93. The van der Waals surface area contributed by atoms with Gasteiger partial charge in [-0.15, -0.1) is 0 Å². The Morgan fingerprint density at radius 3 is 2.53 bits per heavy atom. The number of hydrogen-bond donors (Lipinski definition) is 2. The largest absolute Gasteiger partial charge is 0.388 e. The van der Waals surface area contributed by atoms with Gasteiger partial charge >= 0.3 is 0 Å². The standard InChI is InChI=1S/C13H13N3S/c1-9-2-4-10(5-3-9)16-11-6-7-15-12(8-11)13(14)17/h2-8H,1H3,(H2,14,17)(H,15,16). The number of aryl methyl sites for hydroxylation is 1. The van der Waals surface area contributed by atoms with E-state index in [1.165, 1.54) is 5.56 Å². The van der Waals surface area contributed by atoms with Crippen molar-refractivity contribution in [3.8, 4) is 0 Å². The first-order valence-corrected chi connectivity index (χ1v) is 5.65. The van der Waals surface area contributed by atoms with Gasteiger partial charge in [0.15, 0.2) is 0 Å². The lowest BCUT2D eigenvalue weighted by molar-refractivity contribution is 1.29. The monoisotopic (exact) mass is 243 g/mol. The summed E-state index contributed by atoms with van der Waals surface area (Å²) in [6.07, 6.45) is 1.69. The highest BCUT2D eigenvalue weighted by molar-refractivity contribution is 7.80. The molecule has 1 aromatic carbocycles. The van der Waals surface area contributed by atoms with E-state index in [2.05, 4.69) is 29.4 Å². The Morgan fingerprint density at radius 1 is 1.18 bits per heavy atom. The molecule has 3 N–H and O–H groups in total. The van der Waals surface area contributed by atoms with Crippen LogP contribution < -0.4 is 11.1 Å². The average molecular weight is 243 g/mol. The van der Waals surface area contributed by atoms with E-state index < -0.39 is 0 Å². The third kappa shape index (κ3) is 3.01. The van der Waals surface area contributed by atoms with E-state index in [1.54, 1.807) is 6.20 Å². The van der Waals surface area contributed by atoms with Gasteiger partial charge in [-0.3, -0.25) is 4.98 Å². The molecule has 4 heteroatoms. The lowest BCUT2D eigenvalue weighted by atomic mass is 10.2. The molecule has 0 saturated heterocycles. The first kappa shape index (κ1) is 11.5. The highest BCUT2D eigenvalue weighted by Gasteiger charge is 2.00. The van der Waals surface area contributed by atoms with Crippen LogP contribution in [0.1, 0.15) is 11.3 Å². The zero-order chi connectivity index (χ0) is 12.3. The van der Waals surface area contributed by atoms with Gasteiger partial charge < -0.3 is 11.1 Å². The molecule has 0 aliphatic heterocycles. The van der Waals surface area contributed by atoms with Gasteiger partial charge in [0, 0.05) is 17.6 Å². The summed E-state index contributed by atoms with van der Waals surface area (Å²) in [5, 5.41) is 3.27. The van der Waals surface area contributed by atoms with E-state index in [9.17, 15) is 0 Å². The van der Waals surface area contributed by atoms with E-state index in [0.717, 1.165) is 11.4 Å². The first-order chi connectivity index (χ1) is 8.15. The molecule has 0 aliphatic carbocycles. The SMILES string of the molecule is Cc1ccc(Nc2ccnc(C(N)=S)c2)cc1. The lowest BCUT2D eigenvalue weighted by Gasteiger charge is -2.07. The Balaban J connectivity index is 2.21. The molecule has 1 heterocycles. The van der Waals surface area contributed by atoms with Crippen LogP contribution in [0.25, 0.3) is 0 Å². The maximum atomic E-state index is 5.54. The van der Waals surface area contributed by atoms with Gasteiger partial charge in [-0.25, -0.2) is 0 Å². The molecule has 0 aliphatic rings. The summed E-state index contributed by atoms with van der Waals surface area (Å²) in [6.45, 7) is 2.06. The van der Waals surface area contributed by atoms with Crippen molar-refractivity contribution in [2.24, 2.45) is 5.73 Å². The van der Waals surface area contributed by atoms with E-state index >= 15 is 0 Å². The maximum absolute atomic E-state index is 5.54. The van der Waals surface area contributed by atoms with E-state index in [-0.39, 0.29) is 0 Å². The minimum absolute atomic E-state index is 0.303. The minimum Gasteiger partial charge on any atom is -0.388 e. The molecule has 0 radical (unpaired) electrons. The molecule has 0 atom stereocenters. The Morgan fingerprint density at radius 2 is 1.88 bits per heavy atom. The van der Waals surface area contributed by atoms with E-state index in [1.807, 2.05) is 24.3 Å². The number of hydrogen-bond acceptors (Lipinski definition) is 3. The van der Waals surface area contributed by atoms with Crippen molar-refractivity contribution in [3.05, 3.63) is 53.9 Å². The second-order valence-corrected chi connectivity index (χ2v) is 4.22. The summed E-state index contributed by atoms with van der Waals surface area (Å²) in [6, 6.07) is 11.9. The third-order valence-corrected chi connectivity index (χ3v) is 2.56.